The predicted molar refractivity (Wildman–Crippen MR) is 121 cm³/mol. The second-order valence-electron chi connectivity index (χ2n) is 7.73. The Labute approximate surface area is 174 Å². The van der Waals surface area contributed by atoms with Gasteiger partial charge in [-0.05, 0) is 35.7 Å². The molecule has 0 saturated carbocycles. The van der Waals surface area contributed by atoms with Crippen LogP contribution in [0.3, 0.4) is 0 Å². The van der Waals surface area contributed by atoms with Crippen LogP contribution in [0.15, 0.2) is 103 Å². The summed E-state index contributed by atoms with van der Waals surface area (Å²) < 4.78 is 2.37. The van der Waals surface area contributed by atoms with Gasteiger partial charge in [-0.15, -0.1) is 0 Å². The number of hydrogen-bond acceptors (Lipinski definition) is 1. The van der Waals surface area contributed by atoms with E-state index >= 15 is 0 Å². The Kier molecular flexibility index (Phi) is 6.23. The van der Waals surface area contributed by atoms with Crippen LogP contribution in [0.25, 0.3) is 0 Å². The van der Waals surface area contributed by atoms with Crippen molar-refractivity contribution in [2.45, 2.75) is 33.1 Å². The molecule has 0 spiro atoms. The molecule has 0 unspecified atom stereocenters. The molecule has 0 aliphatic carbocycles. The van der Waals surface area contributed by atoms with Gasteiger partial charge in [0.15, 0.2) is 0 Å². The van der Waals surface area contributed by atoms with Gasteiger partial charge >= 0.3 is 0 Å². The SMILES string of the molecule is Cc1cccc(Cn2cccc2CN(Cc2ccccc2)Cc2ccccc2)c1. The van der Waals surface area contributed by atoms with Crippen molar-refractivity contribution < 1.29 is 0 Å². The van der Waals surface area contributed by atoms with E-state index in [1.54, 1.807) is 0 Å². The van der Waals surface area contributed by atoms with Crippen LogP contribution in [-0.4, -0.2) is 9.47 Å². The maximum atomic E-state index is 2.52. The smallest absolute Gasteiger partial charge is 0.0473 e. The first-order valence-electron chi connectivity index (χ1n) is 10.3. The van der Waals surface area contributed by atoms with E-state index in [1.807, 2.05) is 0 Å². The second kappa shape index (κ2) is 9.40. The fourth-order valence-electron chi connectivity index (χ4n) is 3.83. The van der Waals surface area contributed by atoms with Crippen LogP contribution in [0.4, 0.5) is 0 Å². The fraction of sp³-hybridized carbons (Fsp3) is 0.185. The number of benzene rings is 3. The third-order valence-electron chi connectivity index (χ3n) is 5.24. The van der Waals surface area contributed by atoms with Gasteiger partial charge in [-0.2, -0.15) is 0 Å². The van der Waals surface area contributed by atoms with Gasteiger partial charge in [0.05, 0.1) is 0 Å². The molecule has 2 heteroatoms. The topological polar surface area (TPSA) is 8.17 Å². The van der Waals surface area contributed by atoms with Crippen molar-refractivity contribution in [1.82, 2.24) is 9.47 Å². The summed E-state index contributed by atoms with van der Waals surface area (Å²) in [6.07, 6.45) is 2.20. The Morgan fingerprint density at radius 3 is 1.86 bits per heavy atom. The normalized spacial score (nSPS) is 11.1. The zero-order valence-electron chi connectivity index (χ0n) is 17.0. The maximum absolute atomic E-state index is 2.52. The molecule has 146 valence electrons. The van der Waals surface area contributed by atoms with Crippen molar-refractivity contribution in [3.63, 3.8) is 0 Å². The summed E-state index contributed by atoms with van der Waals surface area (Å²) in [4.78, 5) is 2.52. The van der Waals surface area contributed by atoms with E-state index in [-0.39, 0.29) is 0 Å². The minimum absolute atomic E-state index is 0.911. The fourth-order valence-corrected chi connectivity index (χ4v) is 3.83. The lowest BCUT2D eigenvalue weighted by atomic mass is 10.1. The molecule has 0 bridgehead atoms. The number of rotatable bonds is 8. The third-order valence-corrected chi connectivity index (χ3v) is 5.24. The number of hydrogen-bond donors (Lipinski definition) is 0. The predicted octanol–water partition coefficient (Wildman–Crippen LogP) is 6.05. The van der Waals surface area contributed by atoms with Gasteiger partial charge in [-0.3, -0.25) is 4.90 Å². The molecular formula is C27H28N2. The Morgan fingerprint density at radius 2 is 1.24 bits per heavy atom. The highest BCUT2D eigenvalue weighted by atomic mass is 15.1. The van der Waals surface area contributed by atoms with E-state index in [0.717, 1.165) is 26.2 Å². The molecule has 0 radical (unpaired) electrons. The summed E-state index contributed by atoms with van der Waals surface area (Å²) in [7, 11) is 0. The average Bonchev–Trinajstić information content (AvgIpc) is 3.16. The van der Waals surface area contributed by atoms with Crippen molar-refractivity contribution in [2.75, 3.05) is 0 Å². The van der Waals surface area contributed by atoms with Crippen LogP contribution in [0.5, 0.6) is 0 Å². The number of aromatic nitrogens is 1. The molecule has 0 aliphatic rings. The molecule has 0 saturated heterocycles. The van der Waals surface area contributed by atoms with E-state index in [9.17, 15) is 0 Å². The van der Waals surface area contributed by atoms with Crippen molar-refractivity contribution >= 4 is 0 Å². The van der Waals surface area contributed by atoms with Gasteiger partial charge in [0.2, 0.25) is 0 Å². The van der Waals surface area contributed by atoms with Crippen LogP contribution in [-0.2, 0) is 26.2 Å². The Balaban J connectivity index is 1.53. The zero-order valence-corrected chi connectivity index (χ0v) is 17.0. The summed E-state index contributed by atoms with van der Waals surface area (Å²) in [6.45, 7) is 5.86. The Bertz CT molecular complexity index is 977. The van der Waals surface area contributed by atoms with Crippen molar-refractivity contribution in [1.29, 1.82) is 0 Å². The van der Waals surface area contributed by atoms with E-state index in [2.05, 4.69) is 120 Å². The molecule has 3 aromatic carbocycles. The van der Waals surface area contributed by atoms with Crippen molar-refractivity contribution in [3.8, 4) is 0 Å². The molecule has 1 aromatic heterocycles. The standard InChI is InChI=1S/C27H28N2/c1-23-10-8-15-26(18-23)21-29-17-9-16-27(29)22-28(19-24-11-4-2-5-12-24)20-25-13-6-3-7-14-25/h2-18H,19-22H2,1H3. The van der Waals surface area contributed by atoms with Crippen LogP contribution in [0, 0.1) is 6.92 Å². The molecule has 1 heterocycles. The monoisotopic (exact) mass is 380 g/mol. The first kappa shape index (κ1) is 19.2. The average molecular weight is 381 g/mol. The lowest BCUT2D eigenvalue weighted by molar-refractivity contribution is 0.241. The largest absolute Gasteiger partial charge is 0.346 e. The summed E-state index contributed by atoms with van der Waals surface area (Å²) in [5, 5.41) is 0. The van der Waals surface area contributed by atoms with E-state index in [0.29, 0.717) is 0 Å². The highest BCUT2D eigenvalue weighted by Crippen LogP contribution is 2.16. The van der Waals surface area contributed by atoms with E-state index in [4.69, 9.17) is 0 Å². The van der Waals surface area contributed by atoms with E-state index in [1.165, 1.54) is 27.9 Å². The van der Waals surface area contributed by atoms with Gasteiger partial charge < -0.3 is 4.57 Å². The highest BCUT2D eigenvalue weighted by Gasteiger charge is 2.11. The molecule has 0 atom stereocenters. The lowest BCUT2D eigenvalue weighted by Gasteiger charge is -2.24. The lowest BCUT2D eigenvalue weighted by Crippen LogP contribution is -2.24. The Hall–Kier alpha value is -3.10. The summed E-state index contributed by atoms with van der Waals surface area (Å²) in [5.41, 5.74) is 6.70. The molecular weight excluding hydrogens is 352 g/mol. The molecule has 29 heavy (non-hydrogen) atoms. The minimum atomic E-state index is 0.911. The zero-order chi connectivity index (χ0) is 19.9. The highest BCUT2D eigenvalue weighted by molar-refractivity contribution is 5.24. The molecule has 4 aromatic rings. The second-order valence-corrected chi connectivity index (χ2v) is 7.73. The van der Waals surface area contributed by atoms with Crippen LogP contribution < -0.4 is 0 Å². The number of nitrogens with zero attached hydrogens (tertiary/aromatic N) is 2. The van der Waals surface area contributed by atoms with Crippen molar-refractivity contribution in [3.05, 3.63) is 131 Å². The quantitative estimate of drug-likeness (QED) is 0.361. The summed E-state index contributed by atoms with van der Waals surface area (Å²) in [6, 6.07) is 34.7. The third kappa shape index (κ3) is 5.46. The first-order chi connectivity index (χ1) is 14.3. The molecule has 0 N–H and O–H groups in total. The Morgan fingerprint density at radius 1 is 0.621 bits per heavy atom. The molecule has 0 fully saturated rings. The molecule has 0 aliphatic heterocycles. The molecule has 0 amide bonds. The summed E-state index contributed by atoms with van der Waals surface area (Å²) in [5.74, 6) is 0. The van der Waals surface area contributed by atoms with Crippen LogP contribution in [0.2, 0.25) is 0 Å². The minimum Gasteiger partial charge on any atom is -0.346 e. The van der Waals surface area contributed by atoms with Gasteiger partial charge in [0.25, 0.3) is 0 Å². The van der Waals surface area contributed by atoms with Crippen molar-refractivity contribution in [2.24, 2.45) is 0 Å². The van der Waals surface area contributed by atoms with Crippen LogP contribution >= 0.6 is 0 Å². The maximum Gasteiger partial charge on any atom is 0.0473 e. The molecule has 2 nitrogen and oxygen atoms in total. The van der Waals surface area contributed by atoms with Gasteiger partial charge in [0, 0.05) is 38.1 Å². The first-order valence-corrected chi connectivity index (χ1v) is 10.3. The number of aryl methyl sites for hydroxylation is 1. The van der Waals surface area contributed by atoms with Crippen LogP contribution in [0.1, 0.15) is 27.9 Å². The van der Waals surface area contributed by atoms with E-state index < -0.39 is 0 Å². The molecule has 4 rings (SSSR count). The van der Waals surface area contributed by atoms with Gasteiger partial charge in [-0.25, -0.2) is 0 Å². The van der Waals surface area contributed by atoms with Gasteiger partial charge in [0.1, 0.15) is 0 Å². The summed E-state index contributed by atoms with van der Waals surface area (Å²) >= 11 is 0. The van der Waals surface area contributed by atoms with Gasteiger partial charge in [-0.1, -0.05) is 90.5 Å².